The first kappa shape index (κ1) is 47.6. The highest BCUT2D eigenvalue weighted by molar-refractivity contribution is 6.43. The molecule has 2 aliphatic carbocycles. The highest BCUT2D eigenvalue weighted by Crippen LogP contribution is 2.49. The number of carbonyl (C=O) groups is 3. The van der Waals surface area contributed by atoms with E-state index in [1.165, 1.54) is 0 Å². The number of allylic oxidation sites excluding steroid dienone is 4. The zero-order valence-electron chi connectivity index (χ0n) is 38.9. The molecule has 1 unspecified atom stereocenters. The fourth-order valence-electron chi connectivity index (χ4n) is 8.84. The summed E-state index contributed by atoms with van der Waals surface area (Å²) >= 11 is 0. The van der Waals surface area contributed by atoms with E-state index >= 15 is 0 Å². The Balaban J connectivity index is 1.17. The van der Waals surface area contributed by atoms with Crippen LogP contribution in [0.2, 0.25) is 0 Å². The van der Waals surface area contributed by atoms with Crippen LogP contribution in [0.5, 0.6) is 0 Å². The number of esters is 2. The van der Waals surface area contributed by atoms with E-state index in [-0.39, 0.29) is 53.9 Å². The fraction of sp³-hybridized carbons (Fsp3) is 0.463. The minimum Gasteiger partial charge on any atom is -0.506 e. The highest BCUT2D eigenvalue weighted by Gasteiger charge is 2.45. The zero-order valence-corrected chi connectivity index (χ0v) is 38.9. The van der Waals surface area contributed by atoms with Crippen molar-refractivity contribution in [3.8, 4) is 24.1 Å². The number of ether oxygens (including phenoxy) is 4. The molecule has 5 N–H and O–H groups in total. The van der Waals surface area contributed by atoms with Gasteiger partial charge in [0.15, 0.2) is 5.66 Å². The maximum Gasteiger partial charge on any atom is 0.305 e. The molecule has 3 aromatic carbocycles. The molecule has 12 heteroatoms. The monoisotopic (exact) mass is 896 g/mol. The molecule has 0 amide bonds. The molecule has 0 bridgehead atoms. The van der Waals surface area contributed by atoms with E-state index in [1.54, 1.807) is 0 Å². The standard InChI is InChI=1S/C54H64N4O8/c1-5-9-13-23-45(59)65-35-54(36-66-46(60)24-14-10-6-2)57-42-22-18-20-38-40(26-28-44(58-54)48(38)42)50-51(61)49(52(50)62)39-25-27-43-47-37(39)19-17-21-41(47)55-53(56-43,29-33-63-31-15-11-7-3)30-34-64-32-16-12-8-4/h17-22,25-28,44,55-58,61H,5-16,23-24,31-32,35-36H2,1-4H3/b50-40-. The summed E-state index contributed by atoms with van der Waals surface area (Å²) in [7, 11) is 0. The number of aliphatic hydroxyl groups is 1. The van der Waals surface area contributed by atoms with Crippen LogP contribution in [0, 0.1) is 24.1 Å². The third-order valence-corrected chi connectivity index (χ3v) is 12.4. The number of unbranched alkanes of at least 4 members (excludes halogenated alkanes) is 8. The summed E-state index contributed by atoms with van der Waals surface area (Å²) in [5, 5.41) is 27.6. The molecule has 0 spiro atoms. The van der Waals surface area contributed by atoms with Gasteiger partial charge in [0.05, 0.1) is 17.2 Å². The largest absolute Gasteiger partial charge is 0.506 e. The van der Waals surface area contributed by atoms with E-state index in [1.807, 2.05) is 60.7 Å². The normalized spacial score (nSPS) is 17.9. The first-order chi connectivity index (χ1) is 32.2. The Morgan fingerprint density at radius 1 is 0.667 bits per heavy atom. The molecule has 348 valence electrons. The van der Waals surface area contributed by atoms with Gasteiger partial charge < -0.3 is 40.0 Å². The van der Waals surface area contributed by atoms with Crippen molar-refractivity contribution in [1.82, 2.24) is 5.32 Å². The summed E-state index contributed by atoms with van der Waals surface area (Å²) in [6.45, 7) is 9.33. The van der Waals surface area contributed by atoms with Crippen LogP contribution in [0.1, 0.15) is 140 Å². The minimum atomic E-state index is -1.22. The summed E-state index contributed by atoms with van der Waals surface area (Å²) in [5.74, 6) is 5.34. The number of Topliss-reactive ketones (excluding diaryl/α,β-unsaturated/α-hetero) is 1. The van der Waals surface area contributed by atoms with Crippen LogP contribution in [0.25, 0.3) is 21.9 Å². The van der Waals surface area contributed by atoms with E-state index in [0.717, 1.165) is 116 Å². The number of nitrogens with one attached hydrogen (secondary N) is 4. The summed E-state index contributed by atoms with van der Waals surface area (Å²) < 4.78 is 23.0. The van der Waals surface area contributed by atoms with Gasteiger partial charge in [0.1, 0.15) is 44.4 Å². The van der Waals surface area contributed by atoms with Crippen molar-refractivity contribution in [2.24, 2.45) is 0 Å². The summed E-state index contributed by atoms with van der Waals surface area (Å²) in [6, 6.07) is 14.8. The summed E-state index contributed by atoms with van der Waals surface area (Å²) in [4.78, 5) is 40.1. The van der Waals surface area contributed by atoms with Gasteiger partial charge in [-0.25, -0.2) is 0 Å². The quantitative estimate of drug-likeness (QED) is 0.0299. The number of ketones is 1. The van der Waals surface area contributed by atoms with Crippen LogP contribution in [0.4, 0.5) is 17.1 Å². The van der Waals surface area contributed by atoms with Crippen LogP contribution < -0.4 is 21.3 Å². The van der Waals surface area contributed by atoms with E-state index in [9.17, 15) is 19.5 Å². The molecule has 0 saturated carbocycles. The second-order valence-corrected chi connectivity index (χ2v) is 17.5. The number of hydrogen-bond donors (Lipinski definition) is 5. The second-order valence-electron chi connectivity index (χ2n) is 17.5. The molecule has 0 aromatic heterocycles. The third kappa shape index (κ3) is 10.7. The maximum atomic E-state index is 14.4. The molecule has 3 aromatic rings. The van der Waals surface area contributed by atoms with Gasteiger partial charge >= 0.3 is 11.9 Å². The SMILES string of the molecule is CCCCCOC#CC1(C#COCCCCC)Nc2cccc3c(C4=C(O)/C(=C5\C=CC6NC(COC(=O)CCCCC)(COC(=O)CCCCC)Nc7cccc5c76)C4=O)ccc(c23)N1. The smallest absolute Gasteiger partial charge is 0.305 e. The summed E-state index contributed by atoms with van der Waals surface area (Å²) in [5.41, 5.74) is 3.18. The zero-order chi connectivity index (χ0) is 46.5. The van der Waals surface area contributed by atoms with Crippen molar-refractivity contribution >= 4 is 56.7 Å². The van der Waals surface area contributed by atoms with Crippen molar-refractivity contribution in [3.05, 3.63) is 88.7 Å². The molecule has 0 radical (unpaired) electrons. The Bertz CT molecular complexity index is 2450. The van der Waals surface area contributed by atoms with Crippen LogP contribution in [0.15, 0.2) is 72.0 Å². The Labute approximate surface area is 389 Å². The van der Waals surface area contributed by atoms with Gasteiger partial charge in [-0.1, -0.05) is 122 Å². The predicted molar refractivity (Wildman–Crippen MR) is 260 cm³/mol. The molecule has 0 fully saturated rings. The van der Waals surface area contributed by atoms with Crippen molar-refractivity contribution in [1.29, 1.82) is 0 Å². The van der Waals surface area contributed by atoms with Gasteiger partial charge in [0, 0.05) is 52.7 Å². The molecule has 12 nitrogen and oxygen atoms in total. The number of rotatable bonds is 21. The average molecular weight is 897 g/mol. The molecule has 66 heavy (non-hydrogen) atoms. The predicted octanol–water partition coefficient (Wildman–Crippen LogP) is 10.6. The van der Waals surface area contributed by atoms with Gasteiger partial charge in [-0.3, -0.25) is 19.7 Å². The number of aliphatic hydroxyl groups excluding tert-OH is 1. The Hall–Kier alpha value is -6.37. The Morgan fingerprint density at radius 3 is 1.85 bits per heavy atom. The Morgan fingerprint density at radius 2 is 1.24 bits per heavy atom. The lowest BCUT2D eigenvalue weighted by Gasteiger charge is -2.45. The number of benzene rings is 3. The van der Waals surface area contributed by atoms with E-state index < -0.39 is 11.3 Å². The lowest BCUT2D eigenvalue weighted by Crippen LogP contribution is -2.62. The first-order valence-corrected chi connectivity index (χ1v) is 24.0. The van der Waals surface area contributed by atoms with Gasteiger partial charge in [0.25, 0.3) is 0 Å². The number of anilines is 3. The van der Waals surface area contributed by atoms with E-state index in [2.05, 4.69) is 73.0 Å². The van der Waals surface area contributed by atoms with Gasteiger partial charge in [-0.15, -0.1) is 0 Å². The topological polar surface area (TPSA) is 156 Å². The maximum absolute atomic E-state index is 14.4. The lowest BCUT2D eigenvalue weighted by molar-refractivity contribution is -0.150. The molecular weight excluding hydrogens is 833 g/mol. The average Bonchev–Trinajstić information content (AvgIpc) is 3.32. The van der Waals surface area contributed by atoms with Gasteiger partial charge in [-0.05, 0) is 66.0 Å². The minimum absolute atomic E-state index is 0.0735. The number of hydrogen-bond acceptors (Lipinski definition) is 12. The van der Waals surface area contributed by atoms with Crippen molar-refractivity contribution in [2.45, 2.75) is 135 Å². The molecule has 7 rings (SSSR count). The number of carbonyl (C=O) groups excluding carboxylic acids is 3. The van der Waals surface area contributed by atoms with E-state index in [0.29, 0.717) is 37.2 Å². The van der Waals surface area contributed by atoms with Crippen LogP contribution in [0.3, 0.4) is 0 Å². The van der Waals surface area contributed by atoms with Gasteiger partial charge in [0.2, 0.25) is 11.4 Å². The first-order valence-electron chi connectivity index (χ1n) is 24.0. The molecule has 1 atom stereocenters. The molecule has 0 saturated heterocycles. The third-order valence-electron chi connectivity index (χ3n) is 12.4. The molecule has 2 heterocycles. The Kier molecular flexibility index (Phi) is 16.0. The fourth-order valence-corrected chi connectivity index (χ4v) is 8.84. The van der Waals surface area contributed by atoms with Crippen LogP contribution >= 0.6 is 0 Å². The van der Waals surface area contributed by atoms with E-state index in [4.69, 9.17) is 18.9 Å². The van der Waals surface area contributed by atoms with Crippen LogP contribution in [-0.4, -0.2) is 60.6 Å². The van der Waals surface area contributed by atoms with Crippen LogP contribution in [-0.2, 0) is 33.3 Å². The van der Waals surface area contributed by atoms with Gasteiger partial charge in [-0.2, -0.15) is 0 Å². The molecule has 4 aliphatic rings. The van der Waals surface area contributed by atoms with Crippen molar-refractivity contribution in [2.75, 3.05) is 42.4 Å². The second kappa shape index (κ2) is 22.2. The molecular formula is C54H64N4O8. The summed E-state index contributed by atoms with van der Waals surface area (Å²) in [6.07, 6.45) is 21.5. The van der Waals surface area contributed by atoms with Crippen molar-refractivity contribution < 1.29 is 38.4 Å². The highest BCUT2D eigenvalue weighted by atomic mass is 16.6. The lowest BCUT2D eigenvalue weighted by atomic mass is 9.75. The van der Waals surface area contributed by atoms with Crippen molar-refractivity contribution in [3.63, 3.8) is 0 Å². The molecule has 2 aliphatic heterocycles.